The fourth-order valence-electron chi connectivity index (χ4n) is 2.02. The highest BCUT2D eigenvalue weighted by molar-refractivity contribution is 7.89. The van der Waals surface area contributed by atoms with Gasteiger partial charge in [-0.05, 0) is 25.2 Å². The number of alkyl halides is 1. The minimum atomic E-state index is -3.06. The molecule has 1 rings (SSSR count). The maximum absolute atomic E-state index is 11.6. The predicted octanol–water partition coefficient (Wildman–Crippen LogP) is 2.12. The van der Waals surface area contributed by atoms with Gasteiger partial charge in [-0.15, -0.1) is 11.6 Å². The van der Waals surface area contributed by atoms with Crippen molar-refractivity contribution in [3.05, 3.63) is 0 Å². The van der Waals surface area contributed by atoms with Gasteiger partial charge in [-0.25, -0.2) is 13.1 Å². The van der Waals surface area contributed by atoms with E-state index in [1.807, 2.05) is 0 Å². The van der Waals surface area contributed by atoms with Crippen molar-refractivity contribution in [2.75, 3.05) is 18.2 Å². The molecule has 0 aliphatic heterocycles. The van der Waals surface area contributed by atoms with Crippen molar-refractivity contribution in [1.82, 2.24) is 4.72 Å². The maximum Gasteiger partial charge on any atom is 0.211 e. The lowest BCUT2D eigenvalue weighted by atomic mass is 9.91. The van der Waals surface area contributed by atoms with Crippen molar-refractivity contribution < 1.29 is 8.42 Å². The number of rotatable bonds is 6. The van der Waals surface area contributed by atoms with Gasteiger partial charge in [-0.1, -0.05) is 19.3 Å². The molecule has 5 heteroatoms. The van der Waals surface area contributed by atoms with Crippen LogP contribution in [0.5, 0.6) is 0 Å². The monoisotopic (exact) mass is 253 g/mol. The largest absolute Gasteiger partial charge is 0.215 e. The van der Waals surface area contributed by atoms with Crippen LogP contribution < -0.4 is 4.72 Å². The zero-order valence-electron chi connectivity index (χ0n) is 9.04. The Balaban J connectivity index is 2.27. The molecule has 0 spiro atoms. The van der Waals surface area contributed by atoms with Crippen LogP contribution >= 0.6 is 11.6 Å². The van der Waals surface area contributed by atoms with Crippen LogP contribution in [0.1, 0.15) is 38.5 Å². The summed E-state index contributed by atoms with van der Waals surface area (Å²) in [5.74, 6) is 1.17. The van der Waals surface area contributed by atoms with Gasteiger partial charge in [-0.2, -0.15) is 0 Å². The third-order valence-corrected chi connectivity index (χ3v) is 4.63. The molecule has 3 nitrogen and oxygen atoms in total. The molecule has 0 amide bonds. The van der Waals surface area contributed by atoms with E-state index in [0.717, 1.165) is 12.8 Å². The van der Waals surface area contributed by atoms with E-state index in [0.29, 0.717) is 30.5 Å². The summed E-state index contributed by atoms with van der Waals surface area (Å²) < 4.78 is 25.8. The van der Waals surface area contributed by atoms with Crippen LogP contribution in [0.25, 0.3) is 0 Å². The van der Waals surface area contributed by atoms with E-state index in [2.05, 4.69) is 4.72 Å². The second-order valence-electron chi connectivity index (χ2n) is 4.22. The van der Waals surface area contributed by atoms with Gasteiger partial charge in [0.05, 0.1) is 5.75 Å². The van der Waals surface area contributed by atoms with Gasteiger partial charge in [0, 0.05) is 12.4 Å². The summed E-state index contributed by atoms with van der Waals surface area (Å²) in [7, 11) is -3.06. The predicted molar refractivity (Wildman–Crippen MR) is 63.7 cm³/mol. The summed E-state index contributed by atoms with van der Waals surface area (Å²) in [5, 5.41) is 0. The first kappa shape index (κ1) is 13.3. The Hall–Kier alpha value is 0.200. The Labute approximate surface area is 97.6 Å². The smallest absolute Gasteiger partial charge is 0.211 e. The molecule has 0 bridgehead atoms. The van der Waals surface area contributed by atoms with Gasteiger partial charge in [0.1, 0.15) is 0 Å². The van der Waals surface area contributed by atoms with Crippen LogP contribution in [0, 0.1) is 5.92 Å². The van der Waals surface area contributed by atoms with Gasteiger partial charge < -0.3 is 0 Å². The summed E-state index contributed by atoms with van der Waals surface area (Å²) in [6, 6.07) is 0. The average molecular weight is 254 g/mol. The van der Waals surface area contributed by atoms with Crippen molar-refractivity contribution in [3.8, 4) is 0 Å². The van der Waals surface area contributed by atoms with E-state index in [1.165, 1.54) is 19.3 Å². The van der Waals surface area contributed by atoms with E-state index in [1.54, 1.807) is 0 Å². The van der Waals surface area contributed by atoms with Crippen LogP contribution in [-0.2, 0) is 10.0 Å². The summed E-state index contributed by atoms with van der Waals surface area (Å²) >= 11 is 5.49. The molecule has 0 heterocycles. The Morgan fingerprint density at radius 2 is 1.87 bits per heavy atom. The normalized spacial score (nSPS) is 19.3. The Bertz CT molecular complexity index is 261. The molecule has 1 saturated carbocycles. The third kappa shape index (κ3) is 5.73. The third-order valence-electron chi connectivity index (χ3n) is 2.81. The van der Waals surface area contributed by atoms with E-state index in [-0.39, 0.29) is 0 Å². The first-order chi connectivity index (χ1) is 7.14. The van der Waals surface area contributed by atoms with Crippen LogP contribution in [0.2, 0.25) is 0 Å². The van der Waals surface area contributed by atoms with Crippen LogP contribution in [0.4, 0.5) is 0 Å². The lowest BCUT2D eigenvalue weighted by molar-refractivity contribution is 0.384. The quantitative estimate of drug-likeness (QED) is 0.582. The minimum absolute atomic E-state index is 0.301. The highest BCUT2D eigenvalue weighted by Gasteiger charge is 2.20. The fourth-order valence-corrected chi connectivity index (χ4v) is 3.68. The van der Waals surface area contributed by atoms with Gasteiger partial charge >= 0.3 is 0 Å². The number of sulfonamides is 1. The van der Waals surface area contributed by atoms with E-state index in [4.69, 9.17) is 11.6 Å². The van der Waals surface area contributed by atoms with Crippen molar-refractivity contribution in [2.24, 2.45) is 5.92 Å². The molecule has 90 valence electrons. The Morgan fingerprint density at radius 1 is 1.20 bits per heavy atom. The first-order valence-electron chi connectivity index (χ1n) is 5.67. The molecule has 0 aromatic heterocycles. The molecule has 1 fully saturated rings. The van der Waals surface area contributed by atoms with Crippen molar-refractivity contribution >= 4 is 21.6 Å². The zero-order chi connectivity index (χ0) is 11.1. The van der Waals surface area contributed by atoms with Crippen molar-refractivity contribution in [3.63, 3.8) is 0 Å². The summed E-state index contributed by atoms with van der Waals surface area (Å²) in [6.07, 6.45) is 6.46. The lowest BCUT2D eigenvalue weighted by Crippen LogP contribution is -2.31. The van der Waals surface area contributed by atoms with Gasteiger partial charge in [0.2, 0.25) is 10.0 Å². The molecule has 0 aromatic carbocycles. The molecule has 0 saturated heterocycles. The molecule has 1 aliphatic rings. The molecule has 0 radical (unpaired) electrons. The van der Waals surface area contributed by atoms with Crippen LogP contribution in [0.15, 0.2) is 0 Å². The lowest BCUT2D eigenvalue weighted by Gasteiger charge is -2.21. The first-order valence-corrected chi connectivity index (χ1v) is 7.86. The summed E-state index contributed by atoms with van der Waals surface area (Å²) in [4.78, 5) is 0. The molecule has 1 aliphatic carbocycles. The summed E-state index contributed by atoms with van der Waals surface area (Å²) in [6.45, 7) is 0.471. The van der Waals surface area contributed by atoms with Crippen LogP contribution in [-0.4, -0.2) is 26.6 Å². The number of hydrogen-bond donors (Lipinski definition) is 1. The van der Waals surface area contributed by atoms with E-state index >= 15 is 0 Å². The van der Waals surface area contributed by atoms with Crippen LogP contribution in [0.3, 0.4) is 0 Å². The number of halogens is 1. The topological polar surface area (TPSA) is 46.2 Å². The number of nitrogens with one attached hydrogen (secondary N) is 1. The highest BCUT2D eigenvalue weighted by atomic mass is 35.5. The average Bonchev–Trinajstić information content (AvgIpc) is 2.18. The van der Waals surface area contributed by atoms with Gasteiger partial charge in [0.15, 0.2) is 0 Å². The van der Waals surface area contributed by atoms with Crippen molar-refractivity contribution in [1.29, 1.82) is 0 Å². The second-order valence-corrected chi connectivity index (χ2v) is 6.45. The molecule has 1 N–H and O–H groups in total. The van der Waals surface area contributed by atoms with E-state index in [9.17, 15) is 8.42 Å². The Morgan fingerprint density at radius 3 is 2.47 bits per heavy atom. The fraction of sp³-hybridized carbons (Fsp3) is 1.00. The minimum Gasteiger partial charge on any atom is -0.215 e. The summed E-state index contributed by atoms with van der Waals surface area (Å²) in [5.41, 5.74) is 0. The molecule has 0 atom stereocenters. The molecule has 0 aromatic rings. The Kier molecular flexibility index (Phi) is 5.94. The van der Waals surface area contributed by atoms with E-state index < -0.39 is 10.0 Å². The molecular weight excluding hydrogens is 234 g/mol. The maximum atomic E-state index is 11.6. The second kappa shape index (κ2) is 6.71. The number of hydrogen-bond acceptors (Lipinski definition) is 2. The molecule has 0 unspecified atom stereocenters. The van der Waals surface area contributed by atoms with Crippen molar-refractivity contribution in [2.45, 2.75) is 38.5 Å². The molecule has 15 heavy (non-hydrogen) atoms. The zero-order valence-corrected chi connectivity index (χ0v) is 10.6. The molecular formula is C10H20ClNO2S. The van der Waals surface area contributed by atoms with Gasteiger partial charge in [-0.3, -0.25) is 0 Å². The SMILES string of the molecule is O=S(=O)(CC1CCCCC1)NCCCCl. The highest BCUT2D eigenvalue weighted by Crippen LogP contribution is 2.24. The van der Waals surface area contributed by atoms with Gasteiger partial charge in [0.25, 0.3) is 0 Å². The standard InChI is InChI=1S/C10H20ClNO2S/c11-7-4-8-12-15(13,14)9-10-5-2-1-3-6-10/h10,12H,1-9H2.